The predicted octanol–water partition coefficient (Wildman–Crippen LogP) is 5.76. The van der Waals surface area contributed by atoms with Crippen LogP contribution < -0.4 is 5.32 Å². The number of amides is 1. The molecule has 0 unspecified atom stereocenters. The number of aryl methyl sites for hydroxylation is 1. The molecule has 0 aliphatic heterocycles. The Labute approximate surface area is 167 Å². The second-order valence-corrected chi connectivity index (χ2v) is 8.11. The van der Waals surface area contributed by atoms with E-state index < -0.39 is 0 Å². The van der Waals surface area contributed by atoms with E-state index in [2.05, 4.69) is 5.32 Å². The van der Waals surface area contributed by atoms with E-state index in [1.807, 2.05) is 18.2 Å². The summed E-state index contributed by atoms with van der Waals surface area (Å²) >= 11 is 7.49. The lowest BCUT2D eigenvalue weighted by atomic mass is 9.92. The van der Waals surface area contributed by atoms with Gasteiger partial charge in [-0.2, -0.15) is 0 Å². The highest BCUT2D eigenvalue weighted by Gasteiger charge is 2.27. The molecule has 1 aromatic heterocycles. The smallest absolute Gasteiger partial charge is 0.256 e. The van der Waals surface area contributed by atoms with Crippen molar-refractivity contribution in [2.45, 2.75) is 25.7 Å². The first kappa shape index (κ1) is 18.0. The summed E-state index contributed by atoms with van der Waals surface area (Å²) < 4.78 is 0. The first-order chi connectivity index (χ1) is 13.1. The summed E-state index contributed by atoms with van der Waals surface area (Å²) in [6.45, 7) is 0. The minimum absolute atomic E-state index is 0.0607. The van der Waals surface area contributed by atoms with Gasteiger partial charge in [-0.15, -0.1) is 11.3 Å². The highest BCUT2D eigenvalue weighted by Crippen LogP contribution is 2.39. The Balaban J connectivity index is 1.73. The summed E-state index contributed by atoms with van der Waals surface area (Å²) in [5.41, 5.74) is 2.89. The molecule has 4 rings (SSSR count). The Hall–Kier alpha value is -2.43. The summed E-state index contributed by atoms with van der Waals surface area (Å²) in [4.78, 5) is 27.1. The molecule has 5 heteroatoms. The second kappa shape index (κ2) is 7.67. The molecule has 0 spiro atoms. The molecule has 1 aliphatic rings. The molecule has 27 heavy (non-hydrogen) atoms. The molecule has 3 nitrogen and oxygen atoms in total. The van der Waals surface area contributed by atoms with Gasteiger partial charge in [-0.05, 0) is 67.6 Å². The lowest BCUT2D eigenvalue weighted by Gasteiger charge is -2.13. The number of nitrogens with one attached hydrogen (secondary N) is 1. The third kappa shape index (κ3) is 3.68. The zero-order valence-corrected chi connectivity index (χ0v) is 16.2. The van der Waals surface area contributed by atoms with Crippen LogP contribution in [0.2, 0.25) is 5.02 Å². The Bertz CT molecular complexity index is 993. The summed E-state index contributed by atoms with van der Waals surface area (Å²) in [6, 6.07) is 16.0. The third-order valence-corrected chi connectivity index (χ3v) is 6.23. The third-order valence-electron chi connectivity index (χ3n) is 4.77. The summed E-state index contributed by atoms with van der Waals surface area (Å²) in [5, 5.41) is 4.22. The lowest BCUT2D eigenvalue weighted by Crippen LogP contribution is -2.14. The maximum absolute atomic E-state index is 13.2. The molecule has 0 saturated heterocycles. The standard InChI is InChI=1S/C22H18ClNO2S/c23-16-12-10-14(11-13-16)20(25)19-17-8-4-5-9-18(17)27-22(19)24-21(26)15-6-2-1-3-7-15/h1-3,6-7,10-13H,4-5,8-9H2,(H,24,26). The Kier molecular flexibility index (Phi) is 5.10. The number of halogens is 1. The number of hydrogen-bond donors (Lipinski definition) is 1. The maximum atomic E-state index is 13.2. The van der Waals surface area contributed by atoms with Crippen LogP contribution >= 0.6 is 22.9 Å². The van der Waals surface area contributed by atoms with Crippen molar-refractivity contribution in [3.63, 3.8) is 0 Å². The van der Waals surface area contributed by atoms with Crippen molar-refractivity contribution >= 4 is 39.6 Å². The van der Waals surface area contributed by atoms with E-state index in [1.165, 1.54) is 16.2 Å². The quantitative estimate of drug-likeness (QED) is 0.570. The first-order valence-electron chi connectivity index (χ1n) is 8.94. The Morgan fingerprint density at radius 3 is 2.33 bits per heavy atom. The van der Waals surface area contributed by atoms with E-state index in [-0.39, 0.29) is 11.7 Å². The first-order valence-corrected chi connectivity index (χ1v) is 10.1. The number of hydrogen-bond acceptors (Lipinski definition) is 3. The van der Waals surface area contributed by atoms with Crippen LogP contribution in [-0.2, 0) is 12.8 Å². The number of rotatable bonds is 4. The van der Waals surface area contributed by atoms with E-state index in [0.29, 0.717) is 26.7 Å². The number of benzene rings is 2. The summed E-state index contributed by atoms with van der Waals surface area (Å²) in [5.74, 6) is -0.256. The molecular weight excluding hydrogens is 378 g/mol. The minimum atomic E-state index is -0.195. The van der Waals surface area contributed by atoms with E-state index in [1.54, 1.807) is 36.4 Å². The van der Waals surface area contributed by atoms with Gasteiger partial charge in [0.25, 0.3) is 5.91 Å². The van der Waals surface area contributed by atoms with Gasteiger partial charge >= 0.3 is 0 Å². The number of carbonyl (C=O) groups is 2. The fourth-order valence-electron chi connectivity index (χ4n) is 3.40. The van der Waals surface area contributed by atoms with Crippen molar-refractivity contribution in [1.82, 2.24) is 0 Å². The molecule has 1 aliphatic carbocycles. The van der Waals surface area contributed by atoms with Crippen molar-refractivity contribution < 1.29 is 9.59 Å². The fourth-order valence-corrected chi connectivity index (χ4v) is 4.81. The molecule has 0 radical (unpaired) electrons. The van der Waals surface area contributed by atoms with E-state index >= 15 is 0 Å². The van der Waals surface area contributed by atoms with Crippen LogP contribution in [0.5, 0.6) is 0 Å². The largest absolute Gasteiger partial charge is 0.313 e. The van der Waals surface area contributed by atoms with Crippen LogP contribution in [0, 0.1) is 0 Å². The predicted molar refractivity (Wildman–Crippen MR) is 110 cm³/mol. The fraction of sp³-hybridized carbons (Fsp3) is 0.182. The number of ketones is 1. The molecule has 1 amide bonds. The number of anilines is 1. The molecule has 1 N–H and O–H groups in total. The van der Waals surface area contributed by atoms with Crippen LogP contribution in [0.1, 0.15) is 49.6 Å². The number of thiophene rings is 1. The average Bonchev–Trinajstić information content (AvgIpc) is 3.06. The van der Waals surface area contributed by atoms with E-state index in [0.717, 1.165) is 31.2 Å². The highest BCUT2D eigenvalue weighted by atomic mass is 35.5. The van der Waals surface area contributed by atoms with Crippen LogP contribution in [0.3, 0.4) is 0 Å². The summed E-state index contributed by atoms with van der Waals surface area (Å²) in [7, 11) is 0. The zero-order valence-electron chi connectivity index (χ0n) is 14.6. The van der Waals surface area contributed by atoms with Gasteiger partial charge in [-0.3, -0.25) is 9.59 Å². The van der Waals surface area contributed by atoms with Crippen LogP contribution in [0.4, 0.5) is 5.00 Å². The van der Waals surface area contributed by atoms with Crippen LogP contribution in [0.15, 0.2) is 54.6 Å². The average molecular weight is 396 g/mol. The Morgan fingerprint density at radius 2 is 1.59 bits per heavy atom. The molecule has 0 fully saturated rings. The molecule has 136 valence electrons. The molecule has 0 atom stereocenters. The number of fused-ring (bicyclic) bond motifs is 1. The van der Waals surface area contributed by atoms with Gasteiger partial charge in [0.15, 0.2) is 5.78 Å². The molecule has 0 bridgehead atoms. The van der Waals surface area contributed by atoms with Gasteiger partial charge < -0.3 is 5.32 Å². The SMILES string of the molecule is O=C(Nc1sc2c(c1C(=O)c1ccc(Cl)cc1)CCCC2)c1ccccc1. The van der Waals surface area contributed by atoms with Crippen molar-refractivity contribution in [1.29, 1.82) is 0 Å². The number of carbonyl (C=O) groups excluding carboxylic acids is 2. The van der Waals surface area contributed by atoms with E-state index in [4.69, 9.17) is 11.6 Å². The molecular formula is C22H18ClNO2S. The van der Waals surface area contributed by atoms with Gasteiger partial charge in [0.1, 0.15) is 5.00 Å². The maximum Gasteiger partial charge on any atom is 0.256 e. The topological polar surface area (TPSA) is 46.2 Å². The van der Waals surface area contributed by atoms with Crippen molar-refractivity contribution in [3.05, 3.63) is 86.8 Å². The van der Waals surface area contributed by atoms with E-state index in [9.17, 15) is 9.59 Å². The normalized spacial score (nSPS) is 13.1. The minimum Gasteiger partial charge on any atom is -0.313 e. The van der Waals surface area contributed by atoms with Gasteiger partial charge in [-0.25, -0.2) is 0 Å². The zero-order chi connectivity index (χ0) is 18.8. The van der Waals surface area contributed by atoms with Gasteiger partial charge in [0.2, 0.25) is 0 Å². The lowest BCUT2D eigenvalue weighted by molar-refractivity contribution is 0.102. The van der Waals surface area contributed by atoms with Gasteiger partial charge in [-0.1, -0.05) is 29.8 Å². The van der Waals surface area contributed by atoms with Crippen LogP contribution in [-0.4, -0.2) is 11.7 Å². The monoisotopic (exact) mass is 395 g/mol. The highest BCUT2D eigenvalue weighted by molar-refractivity contribution is 7.17. The van der Waals surface area contributed by atoms with Crippen molar-refractivity contribution in [3.8, 4) is 0 Å². The molecule has 2 aromatic carbocycles. The molecule has 1 heterocycles. The van der Waals surface area contributed by atoms with Crippen molar-refractivity contribution in [2.24, 2.45) is 0 Å². The van der Waals surface area contributed by atoms with Gasteiger partial charge in [0.05, 0.1) is 5.56 Å². The van der Waals surface area contributed by atoms with Gasteiger partial charge in [0, 0.05) is 21.0 Å². The summed E-state index contributed by atoms with van der Waals surface area (Å²) in [6.07, 6.45) is 4.02. The molecule has 3 aromatic rings. The molecule has 0 saturated carbocycles. The van der Waals surface area contributed by atoms with Crippen LogP contribution in [0.25, 0.3) is 0 Å². The van der Waals surface area contributed by atoms with Crippen molar-refractivity contribution in [2.75, 3.05) is 5.32 Å². The Morgan fingerprint density at radius 1 is 0.889 bits per heavy atom. The second-order valence-electron chi connectivity index (χ2n) is 6.57.